The normalized spacial score (nSPS) is 12.1. The van der Waals surface area contributed by atoms with Crippen LogP contribution in [0.25, 0.3) is 0 Å². The molecule has 2 aromatic carbocycles. The Hall–Kier alpha value is -1.80. The van der Waals surface area contributed by atoms with Crippen LogP contribution in [-0.2, 0) is 6.42 Å². The molecular weight excluding hydrogens is 258 g/mol. The molecule has 0 radical (unpaired) electrons. The van der Waals surface area contributed by atoms with Crippen molar-refractivity contribution >= 4 is 0 Å². The lowest BCUT2D eigenvalue weighted by molar-refractivity contribution is 0.396. The second-order valence-electron chi connectivity index (χ2n) is 5.38. The highest BCUT2D eigenvalue weighted by Gasteiger charge is 2.14. The van der Waals surface area contributed by atoms with E-state index in [0.717, 1.165) is 25.1 Å². The van der Waals surface area contributed by atoms with Crippen molar-refractivity contribution in [1.82, 2.24) is 5.32 Å². The molecule has 0 aliphatic rings. The number of rotatable bonds is 7. The Balaban J connectivity index is 2.10. The number of hydrogen-bond acceptors (Lipinski definition) is 2. The van der Waals surface area contributed by atoms with Gasteiger partial charge in [0.1, 0.15) is 5.75 Å². The molecule has 1 N–H and O–H groups in total. The summed E-state index contributed by atoms with van der Waals surface area (Å²) < 4.78 is 5.50. The van der Waals surface area contributed by atoms with E-state index in [1.54, 1.807) is 7.11 Å². The lowest BCUT2D eigenvalue weighted by Crippen LogP contribution is -2.22. The van der Waals surface area contributed by atoms with E-state index in [1.165, 1.54) is 16.7 Å². The van der Waals surface area contributed by atoms with E-state index in [2.05, 4.69) is 55.6 Å². The summed E-state index contributed by atoms with van der Waals surface area (Å²) in [5.74, 6) is 0.965. The molecule has 2 heteroatoms. The van der Waals surface area contributed by atoms with Gasteiger partial charge in [-0.25, -0.2) is 0 Å². The molecule has 0 aliphatic heterocycles. The molecule has 2 rings (SSSR count). The molecule has 0 saturated heterocycles. The highest BCUT2D eigenvalue weighted by atomic mass is 16.5. The molecule has 0 bridgehead atoms. The van der Waals surface area contributed by atoms with Gasteiger partial charge in [0.15, 0.2) is 0 Å². The molecule has 0 saturated carbocycles. The van der Waals surface area contributed by atoms with Crippen LogP contribution in [0.5, 0.6) is 5.75 Å². The number of aryl methyl sites for hydroxylation is 2. The van der Waals surface area contributed by atoms with Crippen molar-refractivity contribution in [2.24, 2.45) is 0 Å². The number of para-hydroxylation sites is 1. The zero-order valence-electron chi connectivity index (χ0n) is 13.2. The van der Waals surface area contributed by atoms with Gasteiger partial charge in [-0.1, -0.05) is 55.0 Å². The number of methoxy groups -OCH3 is 1. The second-order valence-corrected chi connectivity index (χ2v) is 5.38. The summed E-state index contributed by atoms with van der Waals surface area (Å²) in [6.07, 6.45) is 2.13. The van der Waals surface area contributed by atoms with Crippen molar-refractivity contribution in [2.45, 2.75) is 32.7 Å². The summed E-state index contributed by atoms with van der Waals surface area (Å²) in [6, 6.07) is 17.4. The Labute approximate surface area is 128 Å². The van der Waals surface area contributed by atoms with Gasteiger partial charge < -0.3 is 10.1 Å². The minimum atomic E-state index is 0.326. The van der Waals surface area contributed by atoms with Crippen molar-refractivity contribution in [3.8, 4) is 5.75 Å². The van der Waals surface area contributed by atoms with Crippen molar-refractivity contribution in [2.75, 3.05) is 13.7 Å². The third-order valence-corrected chi connectivity index (χ3v) is 3.81. The maximum atomic E-state index is 5.50. The smallest absolute Gasteiger partial charge is 0.123 e. The van der Waals surface area contributed by atoms with Crippen LogP contribution in [0.2, 0.25) is 0 Å². The summed E-state index contributed by atoms with van der Waals surface area (Å²) >= 11 is 0. The van der Waals surface area contributed by atoms with E-state index >= 15 is 0 Å². The standard InChI is InChI=1S/C19H25NO/c1-4-20-18(17-7-5-6-8-19(17)21-3)14-13-16-11-9-15(2)10-12-16/h5-12,18,20H,4,13-14H2,1-3H3. The third kappa shape index (κ3) is 4.33. The predicted octanol–water partition coefficient (Wildman–Crippen LogP) is 4.29. The molecule has 0 amide bonds. The highest BCUT2D eigenvalue weighted by Crippen LogP contribution is 2.28. The zero-order valence-corrected chi connectivity index (χ0v) is 13.2. The molecule has 0 fully saturated rings. The molecule has 2 nitrogen and oxygen atoms in total. The van der Waals surface area contributed by atoms with E-state index in [4.69, 9.17) is 4.74 Å². The molecule has 2 aromatic rings. The SMILES string of the molecule is CCNC(CCc1ccc(C)cc1)c1ccccc1OC. The van der Waals surface area contributed by atoms with E-state index in [9.17, 15) is 0 Å². The Morgan fingerprint density at radius 1 is 1.05 bits per heavy atom. The molecule has 0 heterocycles. The lowest BCUT2D eigenvalue weighted by atomic mass is 9.97. The van der Waals surface area contributed by atoms with Crippen molar-refractivity contribution in [3.05, 3.63) is 65.2 Å². The van der Waals surface area contributed by atoms with Crippen LogP contribution in [0.1, 0.15) is 36.1 Å². The van der Waals surface area contributed by atoms with Crippen LogP contribution in [0.4, 0.5) is 0 Å². The van der Waals surface area contributed by atoms with Crippen LogP contribution in [0.3, 0.4) is 0 Å². The van der Waals surface area contributed by atoms with Crippen LogP contribution < -0.4 is 10.1 Å². The van der Waals surface area contributed by atoms with Gasteiger partial charge in [0.05, 0.1) is 7.11 Å². The largest absolute Gasteiger partial charge is 0.496 e. The Bertz CT molecular complexity index is 548. The van der Waals surface area contributed by atoms with E-state index in [1.807, 2.05) is 12.1 Å². The summed E-state index contributed by atoms with van der Waals surface area (Å²) in [7, 11) is 1.74. The minimum Gasteiger partial charge on any atom is -0.496 e. The van der Waals surface area contributed by atoms with Crippen molar-refractivity contribution < 1.29 is 4.74 Å². The van der Waals surface area contributed by atoms with Crippen LogP contribution >= 0.6 is 0 Å². The average Bonchev–Trinajstić information content (AvgIpc) is 2.53. The number of benzene rings is 2. The van der Waals surface area contributed by atoms with Gasteiger partial charge in [-0.2, -0.15) is 0 Å². The number of hydrogen-bond donors (Lipinski definition) is 1. The van der Waals surface area contributed by atoms with Gasteiger partial charge >= 0.3 is 0 Å². The fourth-order valence-electron chi connectivity index (χ4n) is 2.63. The Morgan fingerprint density at radius 3 is 2.43 bits per heavy atom. The molecule has 0 spiro atoms. The Morgan fingerprint density at radius 2 is 1.76 bits per heavy atom. The zero-order chi connectivity index (χ0) is 15.1. The van der Waals surface area contributed by atoms with Crippen LogP contribution in [0.15, 0.2) is 48.5 Å². The van der Waals surface area contributed by atoms with Gasteiger partial charge in [0, 0.05) is 11.6 Å². The van der Waals surface area contributed by atoms with Gasteiger partial charge in [-0.15, -0.1) is 0 Å². The first-order valence-electron chi connectivity index (χ1n) is 7.66. The van der Waals surface area contributed by atoms with Gasteiger partial charge in [-0.3, -0.25) is 0 Å². The minimum absolute atomic E-state index is 0.326. The molecule has 0 aromatic heterocycles. The molecule has 112 valence electrons. The van der Waals surface area contributed by atoms with Gasteiger partial charge in [0.2, 0.25) is 0 Å². The van der Waals surface area contributed by atoms with Crippen LogP contribution in [0, 0.1) is 6.92 Å². The number of ether oxygens (including phenoxy) is 1. The van der Waals surface area contributed by atoms with E-state index in [-0.39, 0.29) is 0 Å². The first-order chi connectivity index (χ1) is 10.2. The molecule has 1 unspecified atom stereocenters. The average molecular weight is 283 g/mol. The molecular formula is C19H25NO. The third-order valence-electron chi connectivity index (χ3n) is 3.81. The molecule has 0 aliphatic carbocycles. The topological polar surface area (TPSA) is 21.3 Å². The van der Waals surface area contributed by atoms with Crippen LogP contribution in [-0.4, -0.2) is 13.7 Å². The summed E-state index contributed by atoms with van der Waals surface area (Å²) in [5, 5.41) is 3.58. The monoisotopic (exact) mass is 283 g/mol. The highest BCUT2D eigenvalue weighted by molar-refractivity contribution is 5.36. The quantitative estimate of drug-likeness (QED) is 0.818. The Kier molecular flexibility index (Phi) is 5.82. The predicted molar refractivity (Wildman–Crippen MR) is 88.9 cm³/mol. The van der Waals surface area contributed by atoms with Gasteiger partial charge in [0.25, 0.3) is 0 Å². The maximum absolute atomic E-state index is 5.50. The maximum Gasteiger partial charge on any atom is 0.123 e. The summed E-state index contributed by atoms with van der Waals surface area (Å²) in [6.45, 7) is 5.23. The van der Waals surface area contributed by atoms with E-state index < -0.39 is 0 Å². The first-order valence-corrected chi connectivity index (χ1v) is 7.66. The first kappa shape index (κ1) is 15.6. The molecule has 1 atom stereocenters. The number of nitrogens with one attached hydrogen (secondary N) is 1. The summed E-state index contributed by atoms with van der Waals surface area (Å²) in [5.41, 5.74) is 3.94. The lowest BCUT2D eigenvalue weighted by Gasteiger charge is -2.20. The summed E-state index contributed by atoms with van der Waals surface area (Å²) in [4.78, 5) is 0. The second kappa shape index (κ2) is 7.84. The van der Waals surface area contributed by atoms with Crippen molar-refractivity contribution in [3.63, 3.8) is 0 Å². The van der Waals surface area contributed by atoms with E-state index in [0.29, 0.717) is 6.04 Å². The fourth-order valence-corrected chi connectivity index (χ4v) is 2.63. The van der Waals surface area contributed by atoms with Crippen molar-refractivity contribution in [1.29, 1.82) is 0 Å². The molecule has 21 heavy (non-hydrogen) atoms. The fraction of sp³-hybridized carbons (Fsp3) is 0.368. The van der Waals surface area contributed by atoms with Gasteiger partial charge in [-0.05, 0) is 37.9 Å².